The molecule has 2 aromatic carbocycles. The standard InChI is InChI=1S/C18H15NO2S/c1-12-7-9-14(10-8-12)11-16-17(20)19(18(21)22-16)15-6-4-3-5-13(15)2/h3-11H,1-2H3/b16-11-. The number of imide groups is 1. The van der Waals surface area contributed by atoms with Gasteiger partial charge in [-0.15, -0.1) is 0 Å². The summed E-state index contributed by atoms with van der Waals surface area (Å²) >= 11 is 0.983. The van der Waals surface area contributed by atoms with Crippen LogP contribution in [0.25, 0.3) is 6.08 Å². The lowest BCUT2D eigenvalue weighted by molar-refractivity contribution is -0.113. The molecular weight excluding hydrogens is 294 g/mol. The van der Waals surface area contributed by atoms with E-state index in [1.807, 2.05) is 56.3 Å². The molecule has 0 aromatic heterocycles. The van der Waals surface area contributed by atoms with E-state index >= 15 is 0 Å². The molecule has 2 aromatic rings. The molecule has 0 unspecified atom stereocenters. The summed E-state index contributed by atoms with van der Waals surface area (Å²) in [6.07, 6.45) is 1.77. The zero-order valence-electron chi connectivity index (χ0n) is 12.4. The fourth-order valence-electron chi connectivity index (χ4n) is 2.30. The molecule has 3 nitrogen and oxygen atoms in total. The average molecular weight is 309 g/mol. The van der Waals surface area contributed by atoms with Crippen molar-refractivity contribution in [2.24, 2.45) is 0 Å². The molecule has 1 fully saturated rings. The summed E-state index contributed by atoms with van der Waals surface area (Å²) in [5, 5.41) is -0.252. The van der Waals surface area contributed by atoms with Crippen molar-refractivity contribution in [1.82, 2.24) is 0 Å². The number of thioether (sulfide) groups is 1. The first kappa shape index (κ1) is 14.6. The minimum atomic E-state index is -0.259. The fraction of sp³-hybridized carbons (Fsp3) is 0.111. The highest BCUT2D eigenvalue weighted by atomic mass is 32.2. The highest BCUT2D eigenvalue weighted by Gasteiger charge is 2.36. The van der Waals surface area contributed by atoms with E-state index < -0.39 is 0 Å². The largest absolute Gasteiger partial charge is 0.298 e. The Kier molecular flexibility index (Phi) is 3.86. The molecule has 110 valence electrons. The molecule has 0 bridgehead atoms. The number of rotatable bonds is 2. The van der Waals surface area contributed by atoms with Gasteiger partial charge in [0.05, 0.1) is 10.6 Å². The van der Waals surface area contributed by atoms with E-state index in [9.17, 15) is 9.59 Å². The summed E-state index contributed by atoms with van der Waals surface area (Å²) in [4.78, 5) is 26.5. The number of nitrogens with zero attached hydrogens (tertiary/aromatic N) is 1. The summed E-state index contributed by atoms with van der Waals surface area (Å²) in [5.41, 5.74) is 3.63. The van der Waals surface area contributed by atoms with Gasteiger partial charge in [0.1, 0.15) is 0 Å². The van der Waals surface area contributed by atoms with Crippen LogP contribution >= 0.6 is 11.8 Å². The Hall–Kier alpha value is -2.33. The van der Waals surface area contributed by atoms with E-state index in [-0.39, 0.29) is 11.1 Å². The van der Waals surface area contributed by atoms with Gasteiger partial charge in [0.15, 0.2) is 0 Å². The van der Waals surface area contributed by atoms with Crippen LogP contribution < -0.4 is 4.90 Å². The molecule has 0 saturated carbocycles. The van der Waals surface area contributed by atoms with Gasteiger partial charge in [-0.25, -0.2) is 4.90 Å². The van der Waals surface area contributed by atoms with Crippen LogP contribution in [0, 0.1) is 13.8 Å². The lowest BCUT2D eigenvalue weighted by atomic mass is 10.1. The third-order valence-corrected chi connectivity index (χ3v) is 4.39. The SMILES string of the molecule is Cc1ccc(/C=C2\SC(=O)N(c3ccccc3C)C2=O)cc1. The minimum absolute atomic E-state index is 0.252. The topological polar surface area (TPSA) is 37.4 Å². The zero-order valence-corrected chi connectivity index (χ0v) is 13.2. The quantitative estimate of drug-likeness (QED) is 0.764. The molecule has 1 heterocycles. The molecule has 2 amide bonds. The number of para-hydroxylation sites is 1. The minimum Gasteiger partial charge on any atom is -0.268 e. The Morgan fingerprint density at radius 2 is 1.64 bits per heavy atom. The molecule has 0 aliphatic carbocycles. The highest BCUT2D eigenvalue weighted by molar-refractivity contribution is 8.19. The summed E-state index contributed by atoms with van der Waals surface area (Å²) in [6.45, 7) is 3.90. The first-order chi connectivity index (χ1) is 10.6. The number of carbonyl (C=O) groups is 2. The van der Waals surface area contributed by atoms with Crippen LogP contribution in [-0.2, 0) is 4.79 Å². The van der Waals surface area contributed by atoms with Crippen molar-refractivity contribution in [2.45, 2.75) is 13.8 Å². The van der Waals surface area contributed by atoms with Crippen molar-refractivity contribution in [3.8, 4) is 0 Å². The Balaban J connectivity index is 1.95. The predicted octanol–water partition coefficient (Wildman–Crippen LogP) is 4.54. The van der Waals surface area contributed by atoms with Gasteiger partial charge in [0.2, 0.25) is 0 Å². The van der Waals surface area contributed by atoms with Crippen LogP contribution in [0.15, 0.2) is 53.4 Å². The smallest absolute Gasteiger partial charge is 0.268 e. The number of anilines is 1. The van der Waals surface area contributed by atoms with Crippen molar-refractivity contribution in [1.29, 1.82) is 0 Å². The van der Waals surface area contributed by atoms with E-state index in [2.05, 4.69) is 0 Å². The number of hydrogen-bond acceptors (Lipinski definition) is 3. The van der Waals surface area contributed by atoms with Crippen LogP contribution in [0.3, 0.4) is 0 Å². The molecule has 0 N–H and O–H groups in total. The van der Waals surface area contributed by atoms with E-state index in [4.69, 9.17) is 0 Å². The Morgan fingerprint density at radius 3 is 2.32 bits per heavy atom. The number of amides is 2. The van der Waals surface area contributed by atoms with Crippen LogP contribution in [0.4, 0.5) is 10.5 Å². The summed E-state index contributed by atoms with van der Waals surface area (Å²) in [5.74, 6) is -0.259. The lowest BCUT2D eigenvalue weighted by Gasteiger charge is -2.14. The van der Waals surface area contributed by atoms with E-state index in [0.717, 1.165) is 28.5 Å². The fourth-order valence-corrected chi connectivity index (χ4v) is 3.14. The maximum atomic E-state index is 12.6. The van der Waals surface area contributed by atoms with E-state index in [1.54, 1.807) is 12.1 Å². The summed E-state index contributed by atoms with van der Waals surface area (Å²) in [6, 6.07) is 15.3. The van der Waals surface area contributed by atoms with Crippen molar-refractivity contribution in [2.75, 3.05) is 4.90 Å². The van der Waals surface area contributed by atoms with Gasteiger partial charge >= 0.3 is 0 Å². The predicted molar refractivity (Wildman–Crippen MR) is 90.8 cm³/mol. The summed E-state index contributed by atoms with van der Waals surface area (Å²) in [7, 11) is 0. The van der Waals surface area contributed by atoms with Crippen molar-refractivity contribution >= 4 is 34.7 Å². The molecule has 0 spiro atoms. The second-order valence-corrected chi connectivity index (χ2v) is 6.21. The molecule has 1 aliphatic heterocycles. The van der Waals surface area contributed by atoms with Crippen LogP contribution in [0.1, 0.15) is 16.7 Å². The van der Waals surface area contributed by atoms with E-state index in [1.165, 1.54) is 4.90 Å². The van der Waals surface area contributed by atoms with E-state index in [0.29, 0.717) is 10.6 Å². The molecule has 0 radical (unpaired) electrons. The Labute approximate surface area is 133 Å². The third kappa shape index (κ3) is 2.70. The highest BCUT2D eigenvalue weighted by Crippen LogP contribution is 2.36. The Morgan fingerprint density at radius 1 is 0.955 bits per heavy atom. The van der Waals surface area contributed by atoms with Gasteiger partial charge in [-0.2, -0.15) is 0 Å². The normalized spacial score (nSPS) is 16.6. The molecule has 1 saturated heterocycles. The first-order valence-electron chi connectivity index (χ1n) is 6.96. The molecule has 1 aliphatic rings. The van der Waals surface area contributed by atoms with Crippen LogP contribution in [0.5, 0.6) is 0 Å². The van der Waals surface area contributed by atoms with Gasteiger partial charge in [-0.05, 0) is 48.9 Å². The monoisotopic (exact) mass is 309 g/mol. The third-order valence-electron chi connectivity index (χ3n) is 3.53. The summed E-state index contributed by atoms with van der Waals surface area (Å²) < 4.78 is 0. The van der Waals surface area contributed by atoms with Gasteiger partial charge in [0, 0.05) is 0 Å². The number of benzene rings is 2. The lowest BCUT2D eigenvalue weighted by Crippen LogP contribution is -2.28. The van der Waals surface area contributed by atoms with Gasteiger partial charge in [-0.1, -0.05) is 48.0 Å². The molecule has 4 heteroatoms. The zero-order chi connectivity index (χ0) is 15.7. The number of aryl methyl sites for hydroxylation is 2. The second kappa shape index (κ2) is 5.81. The maximum absolute atomic E-state index is 12.6. The van der Waals surface area contributed by atoms with Crippen molar-refractivity contribution in [3.63, 3.8) is 0 Å². The van der Waals surface area contributed by atoms with Gasteiger partial charge < -0.3 is 0 Å². The molecule has 3 rings (SSSR count). The molecule has 22 heavy (non-hydrogen) atoms. The van der Waals surface area contributed by atoms with Gasteiger partial charge in [0.25, 0.3) is 11.1 Å². The molecule has 0 atom stereocenters. The Bertz CT molecular complexity index is 778. The number of hydrogen-bond donors (Lipinski definition) is 0. The number of carbonyl (C=O) groups excluding carboxylic acids is 2. The van der Waals surface area contributed by atoms with Crippen molar-refractivity contribution < 1.29 is 9.59 Å². The first-order valence-corrected chi connectivity index (χ1v) is 7.78. The van der Waals surface area contributed by atoms with Gasteiger partial charge in [-0.3, -0.25) is 9.59 Å². The second-order valence-electron chi connectivity index (χ2n) is 5.21. The molecular formula is C18H15NO2S. The average Bonchev–Trinajstić information content (AvgIpc) is 2.77. The maximum Gasteiger partial charge on any atom is 0.298 e. The van der Waals surface area contributed by atoms with Crippen LogP contribution in [-0.4, -0.2) is 11.1 Å². The van der Waals surface area contributed by atoms with Crippen LogP contribution in [0.2, 0.25) is 0 Å². The van der Waals surface area contributed by atoms with Crippen molar-refractivity contribution in [3.05, 3.63) is 70.1 Å².